The van der Waals surface area contributed by atoms with E-state index in [9.17, 15) is 5.11 Å². The fraction of sp³-hybridized carbons (Fsp3) is 0.357. The number of anilines is 1. The van der Waals surface area contributed by atoms with Gasteiger partial charge in [-0.25, -0.2) is 4.98 Å². The Hall–Kier alpha value is -1.39. The largest absolute Gasteiger partial charge is 0.388 e. The van der Waals surface area contributed by atoms with Crippen LogP contribution in [0.4, 0.5) is 5.69 Å². The number of aliphatic hydroxyl groups is 1. The van der Waals surface area contributed by atoms with Crippen LogP contribution >= 0.6 is 11.3 Å². The molecule has 0 bridgehead atoms. The van der Waals surface area contributed by atoms with Crippen molar-refractivity contribution in [3.8, 4) is 0 Å². The Bertz CT molecular complexity index is 465. The molecule has 2 rings (SSSR count). The van der Waals surface area contributed by atoms with Crippen LogP contribution < -0.4 is 4.90 Å². The summed E-state index contributed by atoms with van der Waals surface area (Å²) in [5, 5.41) is 13.2. The van der Waals surface area contributed by atoms with Gasteiger partial charge in [0, 0.05) is 37.8 Å². The summed E-state index contributed by atoms with van der Waals surface area (Å²) in [4.78, 5) is 6.27. The Balaban J connectivity index is 1.94. The van der Waals surface area contributed by atoms with Crippen molar-refractivity contribution in [2.45, 2.75) is 18.9 Å². The molecular formula is C14H18N2OS. The maximum atomic E-state index is 10.1. The van der Waals surface area contributed by atoms with Gasteiger partial charge < -0.3 is 10.0 Å². The van der Waals surface area contributed by atoms with Crippen molar-refractivity contribution in [3.63, 3.8) is 0 Å². The van der Waals surface area contributed by atoms with Crippen LogP contribution in [0.2, 0.25) is 0 Å². The van der Waals surface area contributed by atoms with Crippen molar-refractivity contribution in [1.29, 1.82) is 0 Å². The van der Waals surface area contributed by atoms with E-state index in [2.05, 4.69) is 4.98 Å². The van der Waals surface area contributed by atoms with Gasteiger partial charge >= 0.3 is 0 Å². The maximum absolute atomic E-state index is 10.1. The van der Waals surface area contributed by atoms with Gasteiger partial charge in [-0.2, -0.15) is 0 Å². The Morgan fingerprint density at radius 1 is 1.28 bits per heavy atom. The lowest BCUT2D eigenvalue weighted by Crippen LogP contribution is -2.08. The van der Waals surface area contributed by atoms with Crippen molar-refractivity contribution in [2.24, 2.45) is 0 Å². The van der Waals surface area contributed by atoms with Crippen molar-refractivity contribution >= 4 is 17.0 Å². The van der Waals surface area contributed by atoms with Crippen molar-refractivity contribution in [2.75, 3.05) is 19.0 Å². The molecule has 1 unspecified atom stereocenters. The summed E-state index contributed by atoms with van der Waals surface area (Å²) >= 11 is 1.64. The standard InChI is InChI=1S/C14H18N2OS/c1-16(2)12-5-3-11(4-6-12)13(17)7-8-14-15-9-10-18-14/h3-6,9-10,13,17H,7-8H2,1-2H3. The highest BCUT2D eigenvalue weighted by atomic mass is 32.1. The van der Waals surface area contributed by atoms with Crippen LogP contribution in [-0.4, -0.2) is 24.2 Å². The smallest absolute Gasteiger partial charge is 0.0925 e. The highest BCUT2D eigenvalue weighted by molar-refractivity contribution is 7.09. The molecule has 0 aliphatic carbocycles. The molecule has 2 aromatic rings. The molecule has 0 aliphatic heterocycles. The zero-order valence-corrected chi connectivity index (χ0v) is 11.5. The second-order valence-electron chi connectivity index (χ2n) is 4.47. The molecular weight excluding hydrogens is 244 g/mol. The third-order valence-corrected chi connectivity index (χ3v) is 3.75. The van der Waals surface area contributed by atoms with E-state index in [4.69, 9.17) is 0 Å². The predicted molar refractivity (Wildman–Crippen MR) is 76.2 cm³/mol. The summed E-state index contributed by atoms with van der Waals surface area (Å²) in [5.41, 5.74) is 2.11. The zero-order valence-electron chi connectivity index (χ0n) is 10.7. The molecule has 1 aromatic heterocycles. The van der Waals surface area contributed by atoms with Crippen LogP contribution in [0.3, 0.4) is 0 Å². The summed E-state index contributed by atoms with van der Waals surface area (Å²) in [6.45, 7) is 0. The van der Waals surface area contributed by atoms with E-state index in [1.807, 2.05) is 48.6 Å². The number of nitrogens with zero attached hydrogens (tertiary/aromatic N) is 2. The van der Waals surface area contributed by atoms with Crippen LogP contribution in [0.5, 0.6) is 0 Å². The van der Waals surface area contributed by atoms with Gasteiger partial charge in [0.25, 0.3) is 0 Å². The topological polar surface area (TPSA) is 36.4 Å². The molecule has 96 valence electrons. The number of aryl methyl sites for hydroxylation is 1. The lowest BCUT2D eigenvalue weighted by atomic mass is 10.0. The van der Waals surface area contributed by atoms with Crippen LogP contribution in [0.15, 0.2) is 35.8 Å². The van der Waals surface area contributed by atoms with Gasteiger partial charge in [-0.3, -0.25) is 0 Å². The molecule has 18 heavy (non-hydrogen) atoms. The summed E-state index contributed by atoms with van der Waals surface area (Å²) in [6, 6.07) is 8.04. The quantitative estimate of drug-likeness (QED) is 0.900. The van der Waals surface area contributed by atoms with Crippen LogP contribution in [0.1, 0.15) is 23.1 Å². The Labute approximate surface area is 112 Å². The van der Waals surface area contributed by atoms with Gasteiger partial charge in [0.1, 0.15) is 0 Å². The average Bonchev–Trinajstić information content (AvgIpc) is 2.89. The molecule has 1 atom stereocenters. The number of aromatic nitrogens is 1. The fourth-order valence-electron chi connectivity index (χ4n) is 1.80. The molecule has 1 aromatic carbocycles. The van der Waals surface area contributed by atoms with E-state index in [0.29, 0.717) is 0 Å². The lowest BCUT2D eigenvalue weighted by molar-refractivity contribution is 0.168. The first-order valence-electron chi connectivity index (χ1n) is 6.00. The molecule has 0 fully saturated rings. The molecule has 0 amide bonds. The molecule has 0 radical (unpaired) electrons. The first-order chi connectivity index (χ1) is 8.66. The number of benzene rings is 1. The minimum atomic E-state index is -0.412. The maximum Gasteiger partial charge on any atom is 0.0925 e. The first kappa shape index (κ1) is 13.1. The summed E-state index contributed by atoms with van der Waals surface area (Å²) < 4.78 is 0. The number of rotatable bonds is 5. The SMILES string of the molecule is CN(C)c1ccc(C(O)CCc2nccs2)cc1. The van der Waals surface area contributed by atoms with Crippen LogP contribution in [0, 0.1) is 0 Å². The third kappa shape index (κ3) is 3.31. The Kier molecular flexibility index (Phi) is 4.33. The molecule has 0 saturated heterocycles. The monoisotopic (exact) mass is 262 g/mol. The van der Waals surface area contributed by atoms with Crippen LogP contribution in [-0.2, 0) is 6.42 Å². The van der Waals surface area contributed by atoms with Crippen molar-refractivity contribution in [1.82, 2.24) is 4.98 Å². The molecule has 1 heterocycles. The van der Waals surface area contributed by atoms with E-state index >= 15 is 0 Å². The van der Waals surface area contributed by atoms with Crippen molar-refractivity contribution < 1.29 is 5.11 Å². The summed E-state index contributed by atoms with van der Waals surface area (Å²) in [7, 11) is 4.02. The molecule has 0 saturated carbocycles. The van der Waals surface area contributed by atoms with Crippen molar-refractivity contribution in [3.05, 3.63) is 46.4 Å². The minimum absolute atomic E-state index is 0.412. The highest BCUT2D eigenvalue weighted by Gasteiger charge is 2.08. The van der Waals surface area contributed by atoms with Gasteiger partial charge in [0.05, 0.1) is 11.1 Å². The third-order valence-electron chi connectivity index (χ3n) is 2.91. The second-order valence-corrected chi connectivity index (χ2v) is 5.45. The number of hydrogen-bond donors (Lipinski definition) is 1. The van der Waals surface area contributed by atoms with Gasteiger partial charge in [-0.05, 0) is 24.1 Å². The van der Waals surface area contributed by atoms with Gasteiger partial charge in [-0.15, -0.1) is 11.3 Å². The zero-order chi connectivity index (χ0) is 13.0. The van der Waals surface area contributed by atoms with E-state index in [1.165, 1.54) is 0 Å². The molecule has 0 spiro atoms. The van der Waals surface area contributed by atoms with E-state index in [1.54, 1.807) is 17.5 Å². The number of hydrogen-bond acceptors (Lipinski definition) is 4. The number of thiazole rings is 1. The van der Waals surface area contributed by atoms with Gasteiger partial charge in [0.2, 0.25) is 0 Å². The number of aliphatic hydroxyl groups excluding tert-OH is 1. The minimum Gasteiger partial charge on any atom is -0.388 e. The Morgan fingerprint density at radius 3 is 2.56 bits per heavy atom. The first-order valence-corrected chi connectivity index (χ1v) is 6.88. The summed E-state index contributed by atoms with van der Waals surface area (Å²) in [6.07, 6.45) is 2.94. The van der Waals surface area contributed by atoms with E-state index in [0.717, 1.165) is 29.1 Å². The van der Waals surface area contributed by atoms with Gasteiger partial charge in [0.15, 0.2) is 0 Å². The molecule has 4 heteroatoms. The second kappa shape index (κ2) is 5.98. The molecule has 3 nitrogen and oxygen atoms in total. The van der Waals surface area contributed by atoms with E-state index < -0.39 is 6.10 Å². The van der Waals surface area contributed by atoms with Gasteiger partial charge in [-0.1, -0.05) is 12.1 Å². The van der Waals surface area contributed by atoms with Crippen LogP contribution in [0.25, 0.3) is 0 Å². The fourth-order valence-corrected chi connectivity index (χ4v) is 2.43. The average molecular weight is 262 g/mol. The lowest BCUT2D eigenvalue weighted by Gasteiger charge is -2.15. The predicted octanol–water partition coefficient (Wildman–Crippen LogP) is 2.88. The molecule has 1 N–H and O–H groups in total. The van der Waals surface area contributed by atoms with E-state index in [-0.39, 0.29) is 0 Å². The Morgan fingerprint density at radius 2 is 2.00 bits per heavy atom. The molecule has 0 aliphatic rings. The summed E-state index contributed by atoms with van der Waals surface area (Å²) in [5.74, 6) is 0. The highest BCUT2D eigenvalue weighted by Crippen LogP contribution is 2.22. The normalized spacial score (nSPS) is 12.4.